The Bertz CT molecular complexity index is 981. The van der Waals surface area contributed by atoms with Crippen molar-refractivity contribution >= 4 is 0 Å². The third kappa shape index (κ3) is 4.87. The van der Waals surface area contributed by atoms with Crippen molar-refractivity contribution < 1.29 is 9.13 Å². The van der Waals surface area contributed by atoms with Crippen LogP contribution >= 0.6 is 0 Å². The Morgan fingerprint density at radius 1 is 1.00 bits per heavy atom. The quantitative estimate of drug-likeness (QED) is 0.568. The van der Waals surface area contributed by atoms with E-state index >= 15 is 0 Å². The molecule has 0 saturated carbocycles. The van der Waals surface area contributed by atoms with Crippen LogP contribution in [0.25, 0.3) is 0 Å². The number of ether oxygens (including phenoxy) is 1. The van der Waals surface area contributed by atoms with Crippen LogP contribution in [0.5, 0.6) is 0 Å². The summed E-state index contributed by atoms with van der Waals surface area (Å²) in [6.07, 6.45) is 2.25. The van der Waals surface area contributed by atoms with Gasteiger partial charge in [-0.25, -0.2) is 9.07 Å². The molecule has 0 aliphatic carbocycles. The minimum Gasteiger partial charge on any atom is -0.376 e. The maximum absolute atomic E-state index is 13.7. The second-order valence-electron chi connectivity index (χ2n) is 8.61. The Kier molecular flexibility index (Phi) is 6.52. The number of piperazine rings is 1. The van der Waals surface area contributed by atoms with Gasteiger partial charge in [0.15, 0.2) is 5.82 Å². The first-order valence-corrected chi connectivity index (χ1v) is 11.4. The number of benzene rings is 2. The fourth-order valence-electron chi connectivity index (χ4n) is 4.71. The van der Waals surface area contributed by atoms with Crippen LogP contribution in [0.3, 0.4) is 0 Å². The zero-order chi connectivity index (χ0) is 21.8. The van der Waals surface area contributed by atoms with Crippen molar-refractivity contribution in [1.29, 1.82) is 0 Å². The molecule has 32 heavy (non-hydrogen) atoms. The van der Waals surface area contributed by atoms with E-state index in [0.29, 0.717) is 6.54 Å². The number of aromatic nitrogens is 4. The molecule has 8 heteroatoms. The maximum Gasteiger partial charge on any atom is 0.173 e. The molecule has 1 aromatic heterocycles. The van der Waals surface area contributed by atoms with E-state index in [1.54, 1.807) is 0 Å². The highest BCUT2D eigenvalue weighted by Gasteiger charge is 2.31. The Balaban J connectivity index is 1.35. The van der Waals surface area contributed by atoms with Gasteiger partial charge >= 0.3 is 0 Å². The van der Waals surface area contributed by atoms with Crippen molar-refractivity contribution in [1.82, 2.24) is 30.0 Å². The van der Waals surface area contributed by atoms with Gasteiger partial charge in [-0.05, 0) is 46.5 Å². The minimum atomic E-state index is -0.237. The van der Waals surface area contributed by atoms with Crippen LogP contribution in [0.1, 0.15) is 35.8 Å². The van der Waals surface area contributed by atoms with E-state index < -0.39 is 0 Å². The van der Waals surface area contributed by atoms with Crippen LogP contribution in [0.4, 0.5) is 4.39 Å². The monoisotopic (exact) mass is 436 g/mol. The van der Waals surface area contributed by atoms with Crippen LogP contribution in [0.15, 0.2) is 54.6 Å². The number of halogens is 1. The van der Waals surface area contributed by atoms with Crippen molar-refractivity contribution in [3.05, 3.63) is 77.4 Å². The zero-order valence-corrected chi connectivity index (χ0v) is 18.2. The molecule has 0 N–H and O–H groups in total. The molecule has 7 nitrogen and oxygen atoms in total. The van der Waals surface area contributed by atoms with Gasteiger partial charge in [0.25, 0.3) is 0 Å². The lowest BCUT2D eigenvalue weighted by Gasteiger charge is -2.39. The summed E-state index contributed by atoms with van der Waals surface area (Å²) in [5.41, 5.74) is 2.34. The number of hydrogen-bond acceptors (Lipinski definition) is 6. The highest BCUT2D eigenvalue weighted by atomic mass is 19.1. The molecule has 5 rings (SSSR count). The molecule has 0 spiro atoms. The van der Waals surface area contributed by atoms with Gasteiger partial charge in [-0.15, -0.1) is 5.10 Å². The molecule has 168 valence electrons. The normalized spacial score (nSPS) is 21.1. The van der Waals surface area contributed by atoms with Crippen molar-refractivity contribution in [2.75, 3.05) is 32.8 Å². The fraction of sp³-hybridized carbons (Fsp3) is 0.458. The first-order valence-electron chi connectivity index (χ1n) is 11.4. The third-order valence-electron chi connectivity index (χ3n) is 6.41. The first-order chi connectivity index (χ1) is 15.8. The van der Waals surface area contributed by atoms with Crippen LogP contribution in [-0.4, -0.2) is 68.9 Å². The van der Waals surface area contributed by atoms with Gasteiger partial charge in [0, 0.05) is 39.3 Å². The molecular formula is C24H29FN6O. The van der Waals surface area contributed by atoms with E-state index in [1.807, 2.05) is 16.8 Å². The molecule has 3 heterocycles. The minimum absolute atomic E-state index is 0.120. The summed E-state index contributed by atoms with van der Waals surface area (Å²) >= 11 is 0. The smallest absolute Gasteiger partial charge is 0.173 e. The van der Waals surface area contributed by atoms with E-state index in [1.165, 1.54) is 17.7 Å². The summed E-state index contributed by atoms with van der Waals surface area (Å²) in [5, 5.41) is 12.7. The molecule has 2 atom stereocenters. The van der Waals surface area contributed by atoms with Gasteiger partial charge in [0.1, 0.15) is 5.82 Å². The highest BCUT2D eigenvalue weighted by molar-refractivity contribution is 5.25. The summed E-state index contributed by atoms with van der Waals surface area (Å²) in [7, 11) is 0. The molecule has 0 bridgehead atoms. The van der Waals surface area contributed by atoms with Crippen LogP contribution in [0.2, 0.25) is 0 Å². The first kappa shape index (κ1) is 21.2. The van der Waals surface area contributed by atoms with E-state index in [2.05, 4.69) is 55.7 Å². The van der Waals surface area contributed by atoms with Gasteiger partial charge < -0.3 is 4.74 Å². The van der Waals surface area contributed by atoms with E-state index in [-0.39, 0.29) is 18.0 Å². The summed E-state index contributed by atoms with van der Waals surface area (Å²) in [6.45, 7) is 6.09. The average Bonchev–Trinajstić information content (AvgIpc) is 3.50. The van der Waals surface area contributed by atoms with Crippen molar-refractivity contribution in [3.8, 4) is 0 Å². The van der Waals surface area contributed by atoms with Gasteiger partial charge in [-0.2, -0.15) is 0 Å². The Hall–Kier alpha value is -2.68. The molecule has 0 radical (unpaired) electrons. The maximum atomic E-state index is 13.7. The molecule has 0 amide bonds. The number of rotatable bonds is 7. The number of nitrogens with zero attached hydrogens (tertiary/aromatic N) is 6. The average molecular weight is 437 g/mol. The predicted molar refractivity (Wildman–Crippen MR) is 118 cm³/mol. The molecule has 2 aliphatic heterocycles. The molecule has 2 fully saturated rings. The summed E-state index contributed by atoms with van der Waals surface area (Å²) in [4.78, 5) is 4.88. The molecule has 2 aliphatic rings. The molecule has 0 unspecified atom stereocenters. The molecule has 2 saturated heterocycles. The topological polar surface area (TPSA) is 59.3 Å². The summed E-state index contributed by atoms with van der Waals surface area (Å²) < 4.78 is 21.3. The molecule has 3 aromatic rings. The van der Waals surface area contributed by atoms with Gasteiger partial charge in [0.2, 0.25) is 0 Å². The second-order valence-corrected chi connectivity index (χ2v) is 8.61. The van der Waals surface area contributed by atoms with Crippen LogP contribution in [-0.2, 0) is 17.8 Å². The van der Waals surface area contributed by atoms with Crippen LogP contribution < -0.4 is 0 Å². The third-order valence-corrected chi connectivity index (χ3v) is 6.41. The van der Waals surface area contributed by atoms with Gasteiger partial charge in [-0.1, -0.05) is 42.5 Å². The highest BCUT2D eigenvalue weighted by Crippen LogP contribution is 2.29. The van der Waals surface area contributed by atoms with Crippen molar-refractivity contribution in [2.24, 2.45) is 0 Å². The number of hydrogen-bond donors (Lipinski definition) is 0. The Labute approximate surface area is 187 Å². The van der Waals surface area contributed by atoms with Gasteiger partial charge in [-0.3, -0.25) is 9.80 Å². The Morgan fingerprint density at radius 2 is 1.78 bits per heavy atom. The van der Waals surface area contributed by atoms with Crippen molar-refractivity contribution in [3.63, 3.8) is 0 Å². The SMILES string of the molecule is Fc1ccc([C@H](c2nnnn2C[C@H]2CCCO2)N2CCN(Cc3ccccc3)CC2)cc1. The molecular weight excluding hydrogens is 407 g/mol. The molecule has 2 aromatic carbocycles. The van der Waals surface area contributed by atoms with E-state index in [4.69, 9.17) is 4.74 Å². The zero-order valence-electron chi connectivity index (χ0n) is 18.2. The summed E-state index contributed by atoms with van der Waals surface area (Å²) in [5.74, 6) is 0.558. The second kappa shape index (κ2) is 9.85. The predicted octanol–water partition coefficient (Wildman–Crippen LogP) is 2.90. The van der Waals surface area contributed by atoms with E-state index in [0.717, 1.165) is 63.6 Å². The fourth-order valence-corrected chi connectivity index (χ4v) is 4.71. The summed E-state index contributed by atoms with van der Waals surface area (Å²) in [6, 6.07) is 17.2. The van der Waals surface area contributed by atoms with Gasteiger partial charge in [0.05, 0.1) is 18.7 Å². The standard InChI is InChI=1S/C24H29FN6O/c25-21-10-8-20(9-11-21)23(24-26-27-28-31(24)18-22-7-4-16-32-22)30-14-12-29(13-15-30)17-19-5-2-1-3-6-19/h1-3,5-6,8-11,22-23H,4,7,12-18H2/t22-,23-/m1/s1. The lowest BCUT2D eigenvalue weighted by molar-refractivity contribution is 0.0841. The largest absolute Gasteiger partial charge is 0.376 e. The van der Waals surface area contributed by atoms with E-state index in [9.17, 15) is 4.39 Å². The lowest BCUT2D eigenvalue weighted by atomic mass is 10.0. The lowest BCUT2D eigenvalue weighted by Crippen LogP contribution is -2.48. The van der Waals surface area contributed by atoms with Crippen molar-refractivity contribution in [2.45, 2.75) is 38.1 Å². The Morgan fingerprint density at radius 3 is 2.50 bits per heavy atom. The number of tetrazole rings is 1. The van der Waals surface area contributed by atoms with Crippen LogP contribution in [0, 0.1) is 5.82 Å².